The number of phenols is 1. The summed E-state index contributed by atoms with van der Waals surface area (Å²) in [5.74, 6) is -0.271. The average molecular weight is 197 g/mol. The molecule has 1 fully saturated rings. The smallest absolute Gasteiger partial charge is 0.129 e. The van der Waals surface area contributed by atoms with Crippen LogP contribution in [0, 0.1) is 5.82 Å². The Morgan fingerprint density at radius 1 is 1.50 bits per heavy atom. The van der Waals surface area contributed by atoms with Crippen molar-refractivity contribution in [1.82, 2.24) is 5.32 Å². The van der Waals surface area contributed by atoms with E-state index in [1.165, 1.54) is 18.2 Å². The highest BCUT2D eigenvalue weighted by atomic mass is 19.1. The molecule has 0 bridgehead atoms. The van der Waals surface area contributed by atoms with Gasteiger partial charge in [-0.05, 0) is 18.2 Å². The third kappa shape index (κ3) is 1.86. The molecule has 14 heavy (non-hydrogen) atoms. The van der Waals surface area contributed by atoms with Crippen LogP contribution in [0.25, 0.3) is 0 Å². The van der Waals surface area contributed by atoms with Crippen LogP contribution in [0.1, 0.15) is 11.7 Å². The van der Waals surface area contributed by atoms with E-state index in [-0.39, 0.29) is 17.7 Å². The molecular formula is C10H12FNO2. The van der Waals surface area contributed by atoms with Crippen LogP contribution in [0.15, 0.2) is 18.2 Å². The molecule has 3 nitrogen and oxygen atoms in total. The highest BCUT2D eigenvalue weighted by molar-refractivity contribution is 5.30. The van der Waals surface area contributed by atoms with Gasteiger partial charge < -0.3 is 15.2 Å². The minimum atomic E-state index is -0.337. The molecule has 1 aliphatic heterocycles. The van der Waals surface area contributed by atoms with Gasteiger partial charge in [0.05, 0.1) is 12.7 Å². The molecule has 76 valence electrons. The van der Waals surface area contributed by atoms with E-state index in [9.17, 15) is 9.50 Å². The molecule has 1 aromatic rings. The maximum absolute atomic E-state index is 13.3. The molecule has 0 radical (unpaired) electrons. The normalized spacial score (nSPS) is 22.2. The Labute approximate surface area is 81.5 Å². The molecule has 1 heterocycles. The van der Waals surface area contributed by atoms with Gasteiger partial charge in [-0.15, -0.1) is 0 Å². The molecule has 1 atom stereocenters. The Balaban J connectivity index is 2.24. The van der Waals surface area contributed by atoms with Gasteiger partial charge in [-0.25, -0.2) is 4.39 Å². The number of rotatable bonds is 1. The topological polar surface area (TPSA) is 41.5 Å². The molecule has 0 aromatic heterocycles. The number of halogens is 1. The molecular weight excluding hydrogens is 185 g/mol. The van der Waals surface area contributed by atoms with E-state index in [4.69, 9.17) is 4.74 Å². The Morgan fingerprint density at radius 3 is 3.07 bits per heavy atom. The molecule has 1 aliphatic rings. The largest absolute Gasteiger partial charge is 0.508 e. The maximum Gasteiger partial charge on any atom is 0.129 e. The maximum atomic E-state index is 13.3. The Hall–Kier alpha value is -1.13. The Kier molecular flexibility index (Phi) is 2.65. The number of benzene rings is 1. The van der Waals surface area contributed by atoms with Crippen LogP contribution in [-0.2, 0) is 4.74 Å². The fraction of sp³-hybridized carbons (Fsp3) is 0.400. The summed E-state index contributed by atoms with van der Waals surface area (Å²) in [5, 5.41) is 12.3. The van der Waals surface area contributed by atoms with E-state index < -0.39 is 0 Å². The summed E-state index contributed by atoms with van der Waals surface area (Å²) in [6.45, 7) is 1.94. The van der Waals surface area contributed by atoms with Gasteiger partial charge in [0.15, 0.2) is 0 Å². The van der Waals surface area contributed by atoms with Gasteiger partial charge in [0.1, 0.15) is 11.6 Å². The van der Waals surface area contributed by atoms with Crippen LogP contribution in [-0.4, -0.2) is 24.8 Å². The summed E-state index contributed by atoms with van der Waals surface area (Å²) in [6, 6.07) is 3.99. The van der Waals surface area contributed by atoms with Crippen molar-refractivity contribution in [2.45, 2.75) is 6.10 Å². The third-order valence-electron chi connectivity index (χ3n) is 2.25. The van der Waals surface area contributed by atoms with E-state index in [1.54, 1.807) is 0 Å². The lowest BCUT2D eigenvalue weighted by Crippen LogP contribution is -2.33. The summed E-state index contributed by atoms with van der Waals surface area (Å²) in [4.78, 5) is 0. The van der Waals surface area contributed by atoms with Crippen molar-refractivity contribution in [3.8, 4) is 5.75 Å². The second kappa shape index (κ2) is 3.94. The first kappa shape index (κ1) is 9.43. The van der Waals surface area contributed by atoms with Crippen molar-refractivity contribution in [3.63, 3.8) is 0 Å². The molecule has 2 rings (SSSR count). The number of morpholine rings is 1. The lowest BCUT2D eigenvalue weighted by Gasteiger charge is -2.24. The fourth-order valence-electron chi connectivity index (χ4n) is 1.54. The molecule has 1 saturated heterocycles. The highest BCUT2D eigenvalue weighted by Crippen LogP contribution is 2.25. The summed E-state index contributed by atoms with van der Waals surface area (Å²) in [6.07, 6.45) is -0.296. The standard InChI is InChI=1S/C10H12FNO2/c11-9-2-1-7(13)5-8(9)10-6-12-3-4-14-10/h1-2,5,10,12-13H,3-4,6H2/t10-/m0/s1. The van der Waals surface area contributed by atoms with Crippen molar-refractivity contribution >= 4 is 0 Å². The molecule has 1 aromatic carbocycles. The monoisotopic (exact) mass is 197 g/mol. The Bertz CT molecular complexity index is 324. The number of ether oxygens (including phenoxy) is 1. The van der Waals surface area contributed by atoms with Crippen molar-refractivity contribution in [3.05, 3.63) is 29.6 Å². The van der Waals surface area contributed by atoms with Gasteiger partial charge in [0.2, 0.25) is 0 Å². The van der Waals surface area contributed by atoms with Crippen molar-refractivity contribution in [1.29, 1.82) is 0 Å². The summed E-state index contributed by atoms with van der Waals surface area (Å²) in [7, 11) is 0. The van der Waals surface area contributed by atoms with Gasteiger partial charge in [0.25, 0.3) is 0 Å². The summed E-state index contributed by atoms with van der Waals surface area (Å²) < 4.78 is 18.7. The molecule has 0 unspecified atom stereocenters. The van der Waals surface area contributed by atoms with Gasteiger partial charge in [-0.2, -0.15) is 0 Å². The SMILES string of the molecule is Oc1ccc(F)c([C@@H]2CNCCO2)c1. The second-order valence-corrected chi connectivity index (χ2v) is 3.27. The van der Waals surface area contributed by atoms with Crippen LogP contribution < -0.4 is 5.32 Å². The number of phenolic OH excluding ortho intramolecular Hbond substituents is 1. The number of aromatic hydroxyl groups is 1. The summed E-state index contributed by atoms with van der Waals surface area (Å²) in [5.41, 5.74) is 0.414. The first-order valence-electron chi connectivity index (χ1n) is 4.58. The molecule has 0 saturated carbocycles. The quantitative estimate of drug-likeness (QED) is 0.710. The zero-order valence-corrected chi connectivity index (χ0v) is 7.66. The van der Waals surface area contributed by atoms with Gasteiger partial charge in [0, 0.05) is 18.7 Å². The van der Waals surface area contributed by atoms with Crippen molar-refractivity contribution < 1.29 is 14.2 Å². The van der Waals surface area contributed by atoms with Crippen LogP contribution in [0.4, 0.5) is 4.39 Å². The number of hydrogen-bond acceptors (Lipinski definition) is 3. The fourth-order valence-corrected chi connectivity index (χ4v) is 1.54. The van der Waals surface area contributed by atoms with Gasteiger partial charge >= 0.3 is 0 Å². The zero-order chi connectivity index (χ0) is 9.97. The van der Waals surface area contributed by atoms with E-state index in [2.05, 4.69) is 5.32 Å². The molecule has 0 spiro atoms. The van der Waals surface area contributed by atoms with Crippen molar-refractivity contribution in [2.24, 2.45) is 0 Å². The van der Waals surface area contributed by atoms with Crippen molar-refractivity contribution in [2.75, 3.05) is 19.7 Å². The predicted molar refractivity (Wildman–Crippen MR) is 49.6 cm³/mol. The Morgan fingerprint density at radius 2 is 2.36 bits per heavy atom. The summed E-state index contributed by atoms with van der Waals surface area (Å²) >= 11 is 0. The first-order valence-corrected chi connectivity index (χ1v) is 4.58. The van der Waals surface area contributed by atoms with E-state index >= 15 is 0 Å². The molecule has 0 aliphatic carbocycles. The predicted octanol–water partition coefficient (Wildman–Crippen LogP) is 1.19. The zero-order valence-electron chi connectivity index (χ0n) is 7.66. The van der Waals surface area contributed by atoms with Crippen LogP contribution >= 0.6 is 0 Å². The molecule has 4 heteroatoms. The second-order valence-electron chi connectivity index (χ2n) is 3.27. The van der Waals surface area contributed by atoms with Crippen LogP contribution in [0.2, 0.25) is 0 Å². The van der Waals surface area contributed by atoms with Crippen LogP contribution in [0.5, 0.6) is 5.75 Å². The van der Waals surface area contributed by atoms with E-state index in [0.29, 0.717) is 18.7 Å². The molecule has 0 amide bonds. The van der Waals surface area contributed by atoms with Gasteiger partial charge in [-0.1, -0.05) is 0 Å². The third-order valence-corrected chi connectivity index (χ3v) is 2.25. The first-order chi connectivity index (χ1) is 6.77. The average Bonchev–Trinajstić information content (AvgIpc) is 2.23. The number of hydrogen-bond donors (Lipinski definition) is 2. The lowest BCUT2D eigenvalue weighted by atomic mass is 10.1. The number of nitrogens with one attached hydrogen (secondary N) is 1. The van der Waals surface area contributed by atoms with E-state index in [0.717, 1.165) is 6.54 Å². The highest BCUT2D eigenvalue weighted by Gasteiger charge is 2.19. The van der Waals surface area contributed by atoms with Gasteiger partial charge in [-0.3, -0.25) is 0 Å². The molecule has 2 N–H and O–H groups in total. The minimum Gasteiger partial charge on any atom is -0.508 e. The lowest BCUT2D eigenvalue weighted by molar-refractivity contribution is 0.0254. The van der Waals surface area contributed by atoms with E-state index in [1.807, 2.05) is 0 Å². The minimum absolute atomic E-state index is 0.0653. The van der Waals surface area contributed by atoms with Crippen LogP contribution in [0.3, 0.4) is 0 Å².